The average molecular weight is 283 g/mol. The summed E-state index contributed by atoms with van der Waals surface area (Å²) >= 11 is 0. The van der Waals surface area contributed by atoms with Gasteiger partial charge in [-0.15, -0.1) is 0 Å². The van der Waals surface area contributed by atoms with Gasteiger partial charge in [0.2, 0.25) is 0 Å². The minimum Gasteiger partial charge on any atom is -0.508 e. The van der Waals surface area contributed by atoms with Crippen molar-refractivity contribution in [1.29, 1.82) is 0 Å². The van der Waals surface area contributed by atoms with Crippen molar-refractivity contribution in [3.8, 4) is 11.5 Å². The van der Waals surface area contributed by atoms with Gasteiger partial charge < -0.3 is 15.2 Å². The standard InChI is InChI=1S/C18H21NO2/c1-12(13-4-3-5-16(11-13)21-2)19-18-9-6-14-10-15(20)7-8-17(14)18/h3-5,7-8,10-12,18-20H,6,9H2,1-2H3/t12-,18?/m1/s1. The third-order valence-corrected chi connectivity index (χ3v) is 4.25. The molecule has 2 aromatic rings. The van der Waals surface area contributed by atoms with Crippen LogP contribution >= 0.6 is 0 Å². The third kappa shape index (κ3) is 2.88. The number of fused-ring (bicyclic) bond motifs is 1. The quantitative estimate of drug-likeness (QED) is 0.898. The van der Waals surface area contributed by atoms with Crippen molar-refractivity contribution in [3.05, 3.63) is 59.2 Å². The molecule has 0 radical (unpaired) electrons. The molecule has 0 saturated carbocycles. The summed E-state index contributed by atoms with van der Waals surface area (Å²) < 4.78 is 5.29. The number of hydrogen-bond donors (Lipinski definition) is 2. The summed E-state index contributed by atoms with van der Waals surface area (Å²) in [5.74, 6) is 1.24. The van der Waals surface area contributed by atoms with E-state index in [1.807, 2.05) is 24.3 Å². The lowest BCUT2D eigenvalue weighted by molar-refractivity contribution is 0.411. The number of methoxy groups -OCH3 is 1. The number of aryl methyl sites for hydroxylation is 1. The van der Waals surface area contributed by atoms with Crippen molar-refractivity contribution in [2.45, 2.75) is 31.8 Å². The van der Waals surface area contributed by atoms with E-state index in [-0.39, 0.29) is 6.04 Å². The fourth-order valence-electron chi connectivity index (χ4n) is 3.09. The molecule has 110 valence electrons. The van der Waals surface area contributed by atoms with E-state index in [4.69, 9.17) is 4.74 Å². The largest absolute Gasteiger partial charge is 0.508 e. The molecular weight excluding hydrogens is 262 g/mol. The zero-order chi connectivity index (χ0) is 14.8. The third-order valence-electron chi connectivity index (χ3n) is 4.25. The lowest BCUT2D eigenvalue weighted by atomic mass is 10.0. The first-order chi connectivity index (χ1) is 10.2. The van der Waals surface area contributed by atoms with Crippen LogP contribution in [0.5, 0.6) is 11.5 Å². The minimum atomic E-state index is 0.254. The SMILES string of the molecule is COc1cccc([C@@H](C)NC2CCc3cc(O)ccc32)c1. The van der Waals surface area contributed by atoms with E-state index < -0.39 is 0 Å². The molecule has 2 atom stereocenters. The molecule has 3 heteroatoms. The van der Waals surface area contributed by atoms with Crippen LogP contribution in [0.3, 0.4) is 0 Å². The summed E-state index contributed by atoms with van der Waals surface area (Å²) in [6, 6.07) is 14.5. The predicted octanol–water partition coefficient (Wildman–Crippen LogP) is 3.74. The Balaban J connectivity index is 1.76. The molecule has 0 amide bonds. The van der Waals surface area contributed by atoms with Crippen LogP contribution in [-0.2, 0) is 6.42 Å². The molecule has 1 unspecified atom stereocenters. The summed E-state index contributed by atoms with van der Waals surface area (Å²) in [6.45, 7) is 2.17. The molecule has 3 nitrogen and oxygen atoms in total. The van der Waals surface area contributed by atoms with Gasteiger partial charge in [0.25, 0.3) is 0 Å². The van der Waals surface area contributed by atoms with E-state index in [0.717, 1.165) is 18.6 Å². The highest BCUT2D eigenvalue weighted by Crippen LogP contribution is 2.35. The second-order valence-corrected chi connectivity index (χ2v) is 5.64. The summed E-state index contributed by atoms with van der Waals surface area (Å²) in [5, 5.41) is 13.3. The molecule has 21 heavy (non-hydrogen) atoms. The number of phenols is 1. The second-order valence-electron chi connectivity index (χ2n) is 5.64. The monoisotopic (exact) mass is 283 g/mol. The lowest BCUT2D eigenvalue weighted by Gasteiger charge is -2.21. The average Bonchev–Trinajstić information content (AvgIpc) is 2.89. The van der Waals surface area contributed by atoms with E-state index in [1.54, 1.807) is 13.2 Å². The molecule has 0 aromatic heterocycles. The van der Waals surface area contributed by atoms with Crippen LogP contribution in [0.4, 0.5) is 0 Å². The van der Waals surface area contributed by atoms with Crippen molar-refractivity contribution >= 4 is 0 Å². The van der Waals surface area contributed by atoms with E-state index in [9.17, 15) is 5.11 Å². The van der Waals surface area contributed by atoms with Gasteiger partial charge in [0.05, 0.1) is 7.11 Å². The van der Waals surface area contributed by atoms with Crippen molar-refractivity contribution in [3.63, 3.8) is 0 Å². The fourth-order valence-corrected chi connectivity index (χ4v) is 3.09. The van der Waals surface area contributed by atoms with E-state index in [0.29, 0.717) is 11.8 Å². The predicted molar refractivity (Wildman–Crippen MR) is 83.7 cm³/mol. The summed E-state index contributed by atoms with van der Waals surface area (Å²) in [6.07, 6.45) is 2.10. The molecule has 3 rings (SSSR count). The molecule has 0 spiro atoms. The summed E-state index contributed by atoms with van der Waals surface area (Å²) in [7, 11) is 1.69. The van der Waals surface area contributed by atoms with Crippen LogP contribution < -0.4 is 10.1 Å². The molecule has 2 aromatic carbocycles. The van der Waals surface area contributed by atoms with Gasteiger partial charge in [0.15, 0.2) is 0 Å². The Morgan fingerprint density at radius 2 is 2.10 bits per heavy atom. The van der Waals surface area contributed by atoms with Crippen LogP contribution in [0.1, 0.15) is 42.1 Å². The number of hydrogen-bond acceptors (Lipinski definition) is 3. The number of nitrogens with one attached hydrogen (secondary N) is 1. The number of ether oxygens (including phenoxy) is 1. The van der Waals surface area contributed by atoms with Gasteiger partial charge in [0, 0.05) is 12.1 Å². The Bertz CT molecular complexity index is 639. The van der Waals surface area contributed by atoms with E-state index in [2.05, 4.69) is 24.4 Å². The fraction of sp³-hybridized carbons (Fsp3) is 0.333. The van der Waals surface area contributed by atoms with Gasteiger partial charge in [-0.3, -0.25) is 0 Å². The van der Waals surface area contributed by atoms with Gasteiger partial charge in [0.1, 0.15) is 11.5 Å². The Hall–Kier alpha value is -2.00. The number of rotatable bonds is 4. The smallest absolute Gasteiger partial charge is 0.119 e. The Morgan fingerprint density at radius 3 is 2.90 bits per heavy atom. The van der Waals surface area contributed by atoms with Gasteiger partial charge in [-0.2, -0.15) is 0 Å². The van der Waals surface area contributed by atoms with Gasteiger partial charge in [-0.05, 0) is 60.7 Å². The van der Waals surface area contributed by atoms with Crippen LogP contribution in [-0.4, -0.2) is 12.2 Å². The zero-order valence-electron chi connectivity index (χ0n) is 12.5. The molecule has 0 saturated heterocycles. The van der Waals surface area contributed by atoms with Crippen LogP contribution in [0.15, 0.2) is 42.5 Å². The highest BCUT2D eigenvalue weighted by molar-refractivity contribution is 5.40. The maximum Gasteiger partial charge on any atom is 0.119 e. The first-order valence-corrected chi connectivity index (χ1v) is 7.39. The topological polar surface area (TPSA) is 41.5 Å². The first-order valence-electron chi connectivity index (χ1n) is 7.39. The highest BCUT2D eigenvalue weighted by atomic mass is 16.5. The molecular formula is C18H21NO2. The molecule has 0 bridgehead atoms. The van der Waals surface area contributed by atoms with Crippen LogP contribution in [0, 0.1) is 0 Å². The normalized spacial score (nSPS) is 18.3. The van der Waals surface area contributed by atoms with Crippen molar-refractivity contribution in [1.82, 2.24) is 5.32 Å². The molecule has 1 aliphatic rings. The molecule has 1 aliphatic carbocycles. The summed E-state index contributed by atoms with van der Waals surface area (Å²) in [4.78, 5) is 0. The Morgan fingerprint density at radius 1 is 1.24 bits per heavy atom. The van der Waals surface area contributed by atoms with E-state index >= 15 is 0 Å². The van der Waals surface area contributed by atoms with Crippen LogP contribution in [0.2, 0.25) is 0 Å². The van der Waals surface area contributed by atoms with Gasteiger partial charge >= 0.3 is 0 Å². The summed E-state index contributed by atoms with van der Waals surface area (Å²) in [5.41, 5.74) is 3.79. The number of aromatic hydroxyl groups is 1. The zero-order valence-corrected chi connectivity index (χ0v) is 12.5. The van der Waals surface area contributed by atoms with Gasteiger partial charge in [-0.25, -0.2) is 0 Å². The Labute approximate surface area is 125 Å². The van der Waals surface area contributed by atoms with Crippen molar-refractivity contribution < 1.29 is 9.84 Å². The van der Waals surface area contributed by atoms with Gasteiger partial charge in [-0.1, -0.05) is 18.2 Å². The number of benzene rings is 2. The number of phenolic OH excluding ortho intramolecular Hbond substituents is 1. The maximum absolute atomic E-state index is 9.57. The molecule has 2 N–H and O–H groups in total. The lowest BCUT2D eigenvalue weighted by Crippen LogP contribution is -2.23. The molecule has 0 aliphatic heterocycles. The minimum absolute atomic E-state index is 0.254. The highest BCUT2D eigenvalue weighted by Gasteiger charge is 2.24. The molecule has 0 heterocycles. The second kappa shape index (κ2) is 5.78. The van der Waals surface area contributed by atoms with E-state index in [1.165, 1.54) is 16.7 Å². The maximum atomic E-state index is 9.57. The molecule has 0 fully saturated rings. The van der Waals surface area contributed by atoms with Crippen LogP contribution in [0.25, 0.3) is 0 Å². The Kier molecular flexibility index (Phi) is 3.84. The van der Waals surface area contributed by atoms with Crippen molar-refractivity contribution in [2.24, 2.45) is 0 Å². The van der Waals surface area contributed by atoms with Crippen molar-refractivity contribution in [2.75, 3.05) is 7.11 Å². The first kappa shape index (κ1) is 14.0.